The molecule has 1 heterocycles. The lowest BCUT2D eigenvalue weighted by Crippen LogP contribution is -2.35. The second kappa shape index (κ2) is 8.31. The van der Waals surface area contributed by atoms with Crippen LogP contribution in [0.1, 0.15) is 44.6 Å². The highest BCUT2D eigenvalue weighted by molar-refractivity contribution is 5.90. The Hall–Kier alpha value is -1.60. The standard InChI is InChI=1S/C22H29N/c1-2-3-6-16-23-17-8-9-19(18-23)14-15-21-12-7-11-20-10-4-5-13-22(20)21/h4-5,7,10-15,19H,2-3,6,8-9,16-18H2,1H3. The lowest BCUT2D eigenvalue weighted by molar-refractivity contribution is 0.194. The Morgan fingerprint density at radius 1 is 1.09 bits per heavy atom. The Labute approximate surface area is 141 Å². The minimum absolute atomic E-state index is 0.712. The zero-order valence-electron chi connectivity index (χ0n) is 14.4. The minimum atomic E-state index is 0.712. The smallest absolute Gasteiger partial charge is 0.00444 e. The number of piperidine rings is 1. The van der Waals surface area contributed by atoms with Crippen LogP contribution in [0.3, 0.4) is 0 Å². The SMILES string of the molecule is CCCCCN1CCCC(C=Cc2cccc3ccccc23)C1. The van der Waals surface area contributed by atoms with Crippen LogP contribution in [0.2, 0.25) is 0 Å². The van der Waals surface area contributed by atoms with Crippen molar-refractivity contribution in [2.24, 2.45) is 5.92 Å². The summed E-state index contributed by atoms with van der Waals surface area (Å²) in [6, 6.07) is 15.3. The van der Waals surface area contributed by atoms with Gasteiger partial charge in [-0.15, -0.1) is 0 Å². The monoisotopic (exact) mass is 307 g/mol. The van der Waals surface area contributed by atoms with Crippen LogP contribution in [0.5, 0.6) is 0 Å². The van der Waals surface area contributed by atoms with Crippen molar-refractivity contribution in [2.75, 3.05) is 19.6 Å². The Morgan fingerprint density at radius 2 is 1.96 bits per heavy atom. The fourth-order valence-electron chi connectivity index (χ4n) is 3.67. The molecule has 0 aliphatic carbocycles. The molecule has 3 rings (SSSR count). The summed E-state index contributed by atoms with van der Waals surface area (Å²) in [7, 11) is 0. The summed E-state index contributed by atoms with van der Waals surface area (Å²) in [5.41, 5.74) is 1.35. The quantitative estimate of drug-likeness (QED) is 0.614. The van der Waals surface area contributed by atoms with Crippen molar-refractivity contribution in [1.82, 2.24) is 4.90 Å². The molecule has 0 bridgehead atoms. The maximum absolute atomic E-state index is 2.66. The topological polar surface area (TPSA) is 3.24 Å². The summed E-state index contributed by atoms with van der Waals surface area (Å²) < 4.78 is 0. The Kier molecular flexibility index (Phi) is 5.87. The number of hydrogen-bond donors (Lipinski definition) is 0. The maximum atomic E-state index is 2.66. The van der Waals surface area contributed by atoms with E-state index in [9.17, 15) is 0 Å². The first-order valence-electron chi connectivity index (χ1n) is 9.25. The van der Waals surface area contributed by atoms with Gasteiger partial charge in [-0.05, 0) is 54.6 Å². The van der Waals surface area contributed by atoms with Crippen LogP contribution in [0, 0.1) is 5.92 Å². The predicted molar refractivity (Wildman–Crippen MR) is 102 cm³/mol. The van der Waals surface area contributed by atoms with Gasteiger partial charge in [0.25, 0.3) is 0 Å². The van der Waals surface area contributed by atoms with Crippen LogP contribution in [0.4, 0.5) is 0 Å². The van der Waals surface area contributed by atoms with Crippen LogP contribution < -0.4 is 0 Å². The summed E-state index contributed by atoms with van der Waals surface area (Å²) in [5, 5.41) is 2.70. The van der Waals surface area contributed by atoms with Crippen LogP contribution >= 0.6 is 0 Å². The highest BCUT2D eigenvalue weighted by Gasteiger charge is 2.17. The van der Waals surface area contributed by atoms with Crippen molar-refractivity contribution in [3.63, 3.8) is 0 Å². The summed E-state index contributed by atoms with van der Waals surface area (Å²) >= 11 is 0. The first-order chi connectivity index (χ1) is 11.4. The molecule has 2 aromatic carbocycles. The molecule has 1 fully saturated rings. The summed E-state index contributed by atoms with van der Waals surface area (Å²) in [5.74, 6) is 0.712. The molecule has 1 heteroatoms. The summed E-state index contributed by atoms with van der Waals surface area (Å²) in [6.45, 7) is 6.10. The second-order valence-electron chi connectivity index (χ2n) is 6.84. The molecular formula is C22H29N. The van der Waals surface area contributed by atoms with Gasteiger partial charge in [0, 0.05) is 6.54 Å². The molecule has 1 aliphatic rings. The van der Waals surface area contributed by atoms with E-state index in [0.717, 1.165) is 0 Å². The number of nitrogens with zero attached hydrogens (tertiary/aromatic N) is 1. The lowest BCUT2D eigenvalue weighted by atomic mass is 9.95. The van der Waals surface area contributed by atoms with Crippen LogP contribution in [-0.2, 0) is 0 Å². The number of fused-ring (bicyclic) bond motifs is 1. The Bertz CT molecular complexity index is 638. The fraction of sp³-hybridized carbons (Fsp3) is 0.455. The van der Waals surface area contributed by atoms with Gasteiger partial charge in [0.15, 0.2) is 0 Å². The average molecular weight is 307 g/mol. The van der Waals surface area contributed by atoms with Crippen molar-refractivity contribution in [1.29, 1.82) is 0 Å². The molecule has 0 spiro atoms. The van der Waals surface area contributed by atoms with Gasteiger partial charge in [-0.3, -0.25) is 0 Å². The van der Waals surface area contributed by atoms with Crippen molar-refractivity contribution in [3.8, 4) is 0 Å². The molecule has 2 aromatic rings. The van der Waals surface area contributed by atoms with E-state index in [1.807, 2.05) is 0 Å². The third-order valence-corrected chi connectivity index (χ3v) is 4.99. The third kappa shape index (κ3) is 4.45. The van der Waals surface area contributed by atoms with Crippen molar-refractivity contribution >= 4 is 16.8 Å². The fourth-order valence-corrected chi connectivity index (χ4v) is 3.67. The van der Waals surface area contributed by atoms with E-state index in [1.54, 1.807) is 0 Å². The molecule has 0 N–H and O–H groups in total. The first kappa shape index (κ1) is 16.3. The van der Waals surface area contributed by atoms with Gasteiger partial charge in [0.1, 0.15) is 0 Å². The van der Waals surface area contributed by atoms with E-state index in [-0.39, 0.29) is 0 Å². The molecule has 1 atom stereocenters. The molecule has 1 aliphatic heterocycles. The summed E-state index contributed by atoms with van der Waals surface area (Å²) in [4.78, 5) is 2.66. The molecule has 0 aromatic heterocycles. The average Bonchev–Trinajstić information content (AvgIpc) is 2.60. The molecule has 0 radical (unpaired) electrons. The first-order valence-corrected chi connectivity index (χ1v) is 9.25. The molecule has 1 saturated heterocycles. The zero-order chi connectivity index (χ0) is 15.9. The summed E-state index contributed by atoms with van der Waals surface area (Å²) in [6.07, 6.45) is 11.5. The normalized spacial score (nSPS) is 19.6. The van der Waals surface area contributed by atoms with Gasteiger partial charge >= 0.3 is 0 Å². The molecule has 0 amide bonds. The van der Waals surface area contributed by atoms with E-state index in [4.69, 9.17) is 0 Å². The van der Waals surface area contributed by atoms with E-state index in [1.165, 1.54) is 68.1 Å². The van der Waals surface area contributed by atoms with E-state index in [2.05, 4.69) is 66.4 Å². The highest BCUT2D eigenvalue weighted by Crippen LogP contribution is 2.23. The number of benzene rings is 2. The van der Waals surface area contributed by atoms with Crippen molar-refractivity contribution in [3.05, 3.63) is 54.1 Å². The molecule has 0 saturated carbocycles. The Morgan fingerprint density at radius 3 is 2.87 bits per heavy atom. The number of hydrogen-bond acceptors (Lipinski definition) is 1. The zero-order valence-corrected chi connectivity index (χ0v) is 14.4. The van der Waals surface area contributed by atoms with E-state index in [0.29, 0.717) is 5.92 Å². The van der Waals surface area contributed by atoms with Gasteiger partial charge in [0.05, 0.1) is 0 Å². The van der Waals surface area contributed by atoms with Gasteiger partial charge in [-0.25, -0.2) is 0 Å². The highest BCUT2D eigenvalue weighted by atomic mass is 15.1. The molecule has 1 unspecified atom stereocenters. The van der Waals surface area contributed by atoms with Crippen molar-refractivity contribution in [2.45, 2.75) is 39.0 Å². The Balaban J connectivity index is 1.64. The molecule has 122 valence electrons. The maximum Gasteiger partial charge on any atom is 0.00444 e. The largest absolute Gasteiger partial charge is 0.303 e. The third-order valence-electron chi connectivity index (χ3n) is 4.99. The van der Waals surface area contributed by atoms with Crippen LogP contribution in [0.15, 0.2) is 48.5 Å². The van der Waals surface area contributed by atoms with Gasteiger partial charge in [0.2, 0.25) is 0 Å². The van der Waals surface area contributed by atoms with Crippen molar-refractivity contribution < 1.29 is 0 Å². The van der Waals surface area contributed by atoms with Gasteiger partial charge < -0.3 is 4.90 Å². The molecule has 23 heavy (non-hydrogen) atoms. The lowest BCUT2D eigenvalue weighted by Gasteiger charge is -2.31. The minimum Gasteiger partial charge on any atom is -0.303 e. The molecular weight excluding hydrogens is 278 g/mol. The number of unbranched alkanes of at least 4 members (excludes halogenated alkanes) is 2. The van der Waals surface area contributed by atoms with Gasteiger partial charge in [-0.1, -0.05) is 74.4 Å². The number of rotatable bonds is 6. The predicted octanol–water partition coefficient (Wildman–Crippen LogP) is 5.76. The van der Waals surface area contributed by atoms with E-state index >= 15 is 0 Å². The molecule has 1 nitrogen and oxygen atoms in total. The second-order valence-corrected chi connectivity index (χ2v) is 6.84. The van der Waals surface area contributed by atoms with Gasteiger partial charge in [-0.2, -0.15) is 0 Å². The van der Waals surface area contributed by atoms with Crippen LogP contribution in [-0.4, -0.2) is 24.5 Å². The van der Waals surface area contributed by atoms with E-state index < -0.39 is 0 Å². The van der Waals surface area contributed by atoms with Crippen LogP contribution in [0.25, 0.3) is 16.8 Å². The number of likely N-dealkylation sites (tertiary alicyclic amines) is 1.